The molecule has 0 radical (unpaired) electrons. The number of nitro benzene ring substituents is 1. The third kappa shape index (κ3) is 2.58. The predicted octanol–water partition coefficient (Wildman–Crippen LogP) is 1.84. The Labute approximate surface area is 144 Å². The minimum Gasteiger partial charge on any atom is -0.550 e. The summed E-state index contributed by atoms with van der Waals surface area (Å²) >= 11 is 0. The molecule has 4 aliphatic rings. The van der Waals surface area contributed by atoms with E-state index in [1.165, 1.54) is 24.3 Å². The number of carbonyl (C=O) groups excluding carboxylic acids is 2. The van der Waals surface area contributed by atoms with Gasteiger partial charge in [0.15, 0.2) is 0 Å². The lowest BCUT2D eigenvalue weighted by Crippen LogP contribution is -2.62. The number of nitrogens with zero attached hydrogens (tertiary/aromatic N) is 1. The second-order valence-corrected chi connectivity index (χ2v) is 7.91. The van der Waals surface area contributed by atoms with E-state index in [0.29, 0.717) is 32.1 Å². The van der Waals surface area contributed by atoms with Crippen molar-refractivity contribution in [3.05, 3.63) is 39.9 Å². The van der Waals surface area contributed by atoms with E-state index in [1.54, 1.807) is 0 Å². The molecule has 2 unspecified atom stereocenters. The number of benzene rings is 1. The number of esters is 1. The first-order valence-corrected chi connectivity index (χ1v) is 8.50. The van der Waals surface area contributed by atoms with E-state index < -0.39 is 27.9 Å². The molecule has 1 aromatic carbocycles. The molecule has 1 aromatic rings. The van der Waals surface area contributed by atoms with E-state index in [-0.39, 0.29) is 23.1 Å². The van der Waals surface area contributed by atoms with Gasteiger partial charge < -0.3 is 14.6 Å². The van der Waals surface area contributed by atoms with Crippen molar-refractivity contribution in [2.45, 2.75) is 44.1 Å². The highest BCUT2D eigenvalue weighted by molar-refractivity contribution is 5.90. The van der Waals surface area contributed by atoms with Gasteiger partial charge in [-0.2, -0.15) is 0 Å². The van der Waals surface area contributed by atoms with Gasteiger partial charge in [0, 0.05) is 23.5 Å². The highest BCUT2D eigenvalue weighted by Gasteiger charge is 2.60. The van der Waals surface area contributed by atoms with E-state index in [9.17, 15) is 24.8 Å². The van der Waals surface area contributed by atoms with E-state index in [0.717, 1.165) is 6.42 Å². The van der Waals surface area contributed by atoms with Crippen molar-refractivity contribution < 1.29 is 24.4 Å². The molecule has 0 spiro atoms. The summed E-state index contributed by atoms with van der Waals surface area (Å²) in [4.78, 5) is 34.4. The van der Waals surface area contributed by atoms with Crippen LogP contribution in [0.4, 0.5) is 5.69 Å². The molecule has 4 aliphatic carbocycles. The van der Waals surface area contributed by atoms with Gasteiger partial charge in [0.2, 0.25) is 0 Å². The molecule has 2 atom stereocenters. The van der Waals surface area contributed by atoms with Crippen LogP contribution in [0.25, 0.3) is 0 Å². The maximum Gasteiger partial charge on any atom is 0.338 e. The topological polar surface area (TPSA) is 110 Å². The van der Waals surface area contributed by atoms with Crippen LogP contribution in [-0.4, -0.2) is 22.5 Å². The quantitative estimate of drug-likeness (QED) is 0.468. The number of hydrogen-bond donors (Lipinski definition) is 0. The summed E-state index contributed by atoms with van der Waals surface area (Å²) in [6.07, 6.45) is 3.92. The lowest BCUT2D eigenvalue weighted by Gasteiger charge is -2.61. The Hall–Kier alpha value is -2.44. The molecule has 0 N–H and O–H groups in total. The summed E-state index contributed by atoms with van der Waals surface area (Å²) in [6, 6.07) is 5.27. The van der Waals surface area contributed by atoms with Gasteiger partial charge in [-0.05, 0) is 62.5 Å². The van der Waals surface area contributed by atoms with Gasteiger partial charge in [0.25, 0.3) is 5.69 Å². The number of hydrogen-bond acceptors (Lipinski definition) is 6. The Morgan fingerprint density at radius 3 is 2.20 bits per heavy atom. The second-order valence-electron chi connectivity index (χ2n) is 7.91. The highest BCUT2D eigenvalue weighted by atomic mass is 16.6. The third-order valence-electron chi connectivity index (χ3n) is 6.06. The minimum atomic E-state index is -1.03. The van der Waals surface area contributed by atoms with Crippen LogP contribution in [0.3, 0.4) is 0 Å². The number of rotatable bonds is 4. The van der Waals surface area contributed by atoms with Crippen LogP contribution in [0.1, 0.15) is 48.9 Å². The van der Waals surface area contributed by atoms with Crippen molar-refractivity contribution in [2.24, 2.45) is 17.3 Å². The number of non-ortho nitro benzene ring substituents is 1. The van der Waals surface area contributed by atoms with E-state index in [4.69, 9.17) is 4.74 Å². The Morgan fingerprint density at radius 2 is 1.68 bits per heavy atom. The zero-order valence-electron chi connectivity index (χ0n) is 13.6. The van der Waals surface area contributed by atoms with Gasteiger partial charge in [0.1, 0.15) is 5.60 Å². The van der Waals surface area contributed by atoms with Crippen molar-refractivity contribution >= 4 is 17.6 Å². The molecule has 4 bridgehead atoms. The van der Waals surface area contributed by atoms with Gasteiger partial charge in [-0.25, -0.2) is 4.79 Å². The number of carboxylic acid groups (broad SMARTS) is 1. The number of nitro groups is 1. The van der Waals surface area contributed by atoms with Crippen LogP contribution in [0.2, 0.25) is 0 Å². The Kier molecular flexibility index (Phi) is 3.39. The first-order valence-electron chi connectivity index (χ1n) is 8.50. The molecule has 5 rings (SSSR count). The second kappa shape index (κ2) is 5.28. The van der Waals surface area contributed by atoms with Gasteiger partial charge >= 0.3 is 5.97 Å². The Balaban J connectivity index is 1.56. The van der Waals surface area contributed by atoms with Crippen molar-refractivity contribution in [3.8, 4) is 0 Å². The maximum absolute atomic E-state index is 12.5. The first-order chi connectivity index (χ1) is 11.8. The number of carbonyl (C=O) groups is 2. The zero-order valence-corrected chi connectivity index (χ0v) is 13.6. The molecule has 132 valence electrons. The zero-order chi connectivity index (χ0) is 17.8. The summed E-state index contributed by atoms with van der Waals surface area (Å²) in [5, 5.41) is 22.4. The van der Waals surface area contributed by atoms with Crippen LogP contribution >= 0.6 is 0 Å². The largest absolute Gasteiger partial charge is 0.550 e. The first kappa shape index (κ1) is 16.1. The molecule has 25 heavy (non-hydrogen) atoms. The number of ether oxygens (including phenoxy) is 1. The molecule has 4 fully saturated rings. The van der Waals surface area contributed by atoms with Gasteiger partial charge in [-0.1, -0.05) is 0 Å². The SMILES string of the molecule is O=C(OC12CC3CC(C1)CC(C(=O)[O-])(C3)C2)c1ccc([N+](=O)[O-])cc1. The average Bonchev–Trinajstić information content (AvgIpc) is 2.53. The highest BCUT2D eigenvalue weighted by Crippen LogP contribution is 2.62. The smallest absolute Gasteiger partial charge is 0.338 e. The van der Waals surface area contributed by atoms with E-state index in [1.807, 2.05) is 0 Å². The Morgan fingerprint density at radius 1 is 1.08 bits per heavy atom. The summed E-state index contributed by atoms with van der Waals surface area (Å²) in [7, 11) is 0. The Bertz CT molecular complexity index is 741. The molecular weight excluding hydrogens is 326 g/mol. The summed E-state index contributed by atoms with van der Waals surface area (Å²) in [5.74, 6) is -1.07. The van der Waals surface area contributed by atoms with Crippen LogP contribution in [-0.2, 0) is 9.53 Å². The molecule has 0 saturated heterocycles. The molecule has 4 saturated carbocycles. The van der Waals surface area contributed by atoms with Crippen molar-refractivity contribution in [1.82, 2.24) is 0 Å². The lowest BCUT2D eigenvalue weighted by atomic mass is 9.48. The van der Waals surface area contributed by atoms with E-state index in [2.05, 4.69) is 0 Å². The average molecular weight is 344 g/mol. The van der Waals surface area contributed by atoms with Crippen molar-refractivity contribution in [3.63, 3.8) is 0 Å². The van der Waals surface area contributed by atoms with Crippen LogP contribution in [0.15, 0.2) is 24.3 Å². The van der Waals surface area contributed by atoms with Crippen LogP contribution in [0, 0.1) is 27.4 Å². The molecule has 0 heterocycles. The van der Waals surface area contributed by atoms with Crippen LogP contribution in [0.5, 0.6) is 0 Å². The molecular formula is C18H18NO6-. The van der Waals surface area contributed by atoms with Gasteiger partial charge in [-0.15, -0.1) is 0 Å². The van der Waals surface area contributed by atoms with Crippen molar-refractivity contribution in [2.75, 3.05) is 0 Å². The minimum absolute atomic E-state index is 0.0951. The van der Waals surface area contributed by atoms with Crippen LogP contribution < -0.4 is 5.11 Å². The fourth-order valence-electron chi connectivity index (χ4n) is 5.51. The van der Waals surface area contributed by atoms with Gasteiger partial charge in [-0.3, -0.25) is 10.1 Å². The number of carboxylic acids is 1. The molecule has 7 nitrogen and oxygen atoms in total. The fraction of sp³-hybridized carbons (Fsp3) is 0.556. The normalized spacial score (nSPS) is 35.4. The maximum atomic E-state index is 12.5. The molecule has 0 amide bonds. The third-order valence-corrected chi connectivity index (χ3v) is 6.06. The summed E-state index contributed by atoms with van der Waals surface area (Å²) in [5.41, 5.74) is -1.48. The summed E-state index contributed by atoms with van der Waals surface area (Å²) in [6.45, 7) is 0. The summed E-state index contributed by atoms with van der Waals surface area (Å²) < 4.78 is 5.81. The molecule has 7 heteroatoms. The van der Waals surface area contributed by atoms with Gasteiger partial charge in [0.05, 0.1) is 10.5 Å². The monoisotopic (exact) mass is 344 g/mol. The fourth-order valence-corrected chi connectivity index (χ4v) is 5.51. The predicted molar refractivity (Wildman–Crippen MR) is 83.4 cm³/mol. The molecule has 0 aliphatic heterocycles. The number of aliphatic carboxylic acids is 1. The lowest BCUT2D eigenvalue weighted by molar-refractivity contribution is -0.384. The van der Waals surface area contributed by atoms with Crippen molar-refractivity contribution in [1.29, 1.82) is 0 Å². The standard InChI is InChI=1S/C18H19NO6/c20-15(13-1-3-14(4-2-13)19(23)24)25-18-8-11-5-12(9-18)7-17(6-11,10-18)16(21)22/h1-4,11-12H,5-10H2,(H,21,22)/p-1. The molecule has 0 aromatic heterocycles. The van der Waals surface area contributed by atoms with E-state index >= 15 is 0 Å².